The van der Waals surface area contributed by atoms with Crippen LogP contribution in [-0.4, -0.2) is 11.7 Å². The molecule has 1 aromatic heterocycles. The summed E-state index contributed by atoms with van der Waals surface area (Å²) in [6, 6.07) is 3.51. The van der Waals surface area contributed by atoms with Gasteiger partial charge in [-0.05, 0) is 41.1 Å². The molecule has 4 heteroatoms. The highest BCUT2D eigenvalue weighted by molar-refractivity contribution is 14.1. The predicted molar refractivity (Wildman–Crippen MR) is 50.1 cm³/mol. The van der Waals surface area contributed by atoms with Gasteiger partial charge < -0.3 is 15.3 Å². The molecular formula is C7H10INO2. The Morgan fingerprint density at radius 2 is 2.36 bits per heavy atom. The molecule has 0 saturated carbocycles. The van der Waals surface area contributed by atoms with Crippen molar-refractivity contribution in [3.05, 3.63) is 21.7 Å². The average Bonchev–Trinajstić information content (AvgIpc) is 2.36. The second-order valence-corrected chi connectivity index (χ2v) is 3.32. The molecule has 0 bridgehead atoms. The van der Waals surface area contributed by atoms with Gasteiger partial charge in [-0.3, -0.25) is 0 Å². The van der Waals surface area contributed by atoms with E-state index in [1.807, 2.05) is 12.1 Å². The molecule has 0 unspecified atom stereocenters. The lowest BCUT2D eigenvalue weighted by atomic mass is 10.2. The number of hydrogen-bond donors (Lipinski definition) is 2. The van der Waals surface area contributed by atoms with Crippen LogP contribution in [0.25, 0.3) is 0 Å². The Morgan fingerprint density at radius 1 is 1.64 bits per heavy atom. The molecule has 3 N–H and O–H groups in total. The molecule has 3 nitrogen and oxygen atoms in total. The molecular weight excluding hydrogens is 257 g/mol. The van der Waals surface area contributed by atoms with Crippen LogP contribution in [0, 0.1) is 3.77 Å². The molecule has 0 aromatic carbocycles. The van der Waals surface area contributed by atoms with Gasteiger partial charge in [-0.2, -0.15) is 0 Å². The minimum atomic E-state index is -0.177. The largest absolute Gasteiger partial charge is 0.454 e. The van der Waals surface area contributed by atoms with Crippen molar-refractivity contribution >= 4 is 22.6 Å². The molecule has 11 heavy (non-hydrogen) atoms. The van der Waals surface area contributed by atoms with E-state index in [0.717, 1.165) is 9.53 Å². The number of halogens is 1. The third-order valence-electron chi connectivity index (χ3n) is 1.40. The van der Waals surface area contributed by atoms with Gasteiger partial charge in [-0.1, -0.05) is 0 Å². The van der Waals surface area contributed by atoms with Crippen LogP contribution in [0.15, 0.2) is 16.5 Å². The van der Waals surface area contributed by atoms with Gasteiger partial charge >= 0.3 is 0 Å². The smallest absolute Gasteiger partial charge is 0.164 e. The highest BCUT2D eigenvalue weighted by Gasteiger charge is 2.08. The molecule has 0 saturated heterocycles. The van der Waals surface area contributed by atoms with Crippen LogP contribution in [0.5, 0.6) is 0 Å². The van der Waals surface area contributed by atoms with Gasteiger partial charge in [0.05, 0.1) is 6.04 Å². The summed E-state index contributed by atoms with van der Waals surface area (Å²) in [7, 11) is 0. The molecule has 0 amide bonds. The van der Waals surface area contributed by atoms with E-state index >= 15 is 0 Å². The quantitative estimate of drug-likeness (QED) is 0.811. The summed E-state index contributed by atoms with van der Waals surface area (Å²) in [6.45, 7) is 0.0957. The van der Waals surface area contributed by atoms with E-state index in [2.05, 4.69) is 22.6 Å². The molecule has 1 aromatic rings. The summed E-state index contributed by atoms with van der Waals surface area (Å²) in [5, 5.41) is 8.58. The van der Waals surface area contributed by atoms with Gasteiger partial charge in [0.15, 0.2) is 3.77 Å². The lowest BCUT2D eigenvalue weighted by molar-refractivity contribution is 0.268. The van der Waals surface area contributed by atoms with Crippen molar-refractivity contribution in [3.8, 4) is 0 Å². The highest BCUT2D eigenvalue weighted by atomic mass is 127. The van der Waals surface area contributed by atoms with E-state index in [4.69, 9.17) is 15.3 Å². The summed E-state index contributed by atoms with van der Waals surface area (Å²) >= 11 is 2.08. The van der Waals surface area contributed by atoms with Crippen LogP contribution in [0.4, 0.5) is 0 Å². The first-order valence-electron chi connectivity index (χ1n) is 3.35. The van der Waals surface area contributed by atoms with Crippen LogP contribution in [0.1, 0.15) is 18.2 Å². The molecule has 0 aliphatic heterocycles. The van der Waals surface area contributed by atoms with Crippen molar-refractivity contribution in [3.63, 3.8) is 0 Å². The van der Waals surface area contributed by atoms with Crippen molar-refractivity contribution in [1.29, 1.82) is 0 Å². The van der Waals surface area contributed by atoms with Crippen LogP contribution >= 0.6 is 22.6 Å². The van der Waals surface area contributed by atoms with Crippen molar-refractivity contribution in [2.75, 3.05) is 6.61 Å². The third-order valence-corrected chi connectivity index (χ3v) is 1.98. The Bertz CT molecular complexity index is 224. The molecule has 0 fully saturated rings. The summed E-state index contributed by atoms with van der Waals surface area (Å²) < 4.78 is 6.07. The van der Waals surface area contributed by atoms with Crippen LogP contribution < -0.4 is 5.73 Å². The number of nitrogens with two attached hydrogens (primary N) is 1. The Kier molecular flexibility index (Phi) is 3.35. The molecule has 1 atom stereocenters. The average molecular weight is 267 g/mol. The standard InChI is InChI=1S/C7H10INO2/c8-7-2-1-6(11-7)5(9)3-4-10/h1-2,5,10H,3-4,9H2/t5-/m1/s1. The zero-order chi connectivity index (χ0) is 8.27. The van der Waals surface area contributed by atoms with E-state index in [0.29, 0.717) is 6.42 Å². The second-order valence-electron chi connectivity index (χ2n) is 2.26. The van der Waals surface area contributed by atoms with Crippen molar-refractivity contribution in [2.24, 2.45) is 5.73 Å². The first-order chi connectivity index (χ1) is 5.24. The van der Waals surface area contributed by atoms with Gasteiger partial charge in [-0.15, -0.1) is 0 Å². The fourth-order valence-corrected chi connectivity index (χ4v) is 1.24. The zero-order valence-electron chi connectivity index (χ0n) is 5.96. The van der Waals surface area contributed by atoms with Gasteiger partial charge in [0.1, 0.15) is 5.76 Å². The van der Waals surface area contributed by atoms with Crippen LogP contribution in [0.3, 0.4) is 0 Å². The molecule has 0 aliphatic rings. The second kappa shape index (κ2) is 4.08. The van der Waals surface area contributed by atoms with Crippen molar-refractivity contribution < 1.29 is 9.52 Å². The lowest BCUT2D eigenvalue weighted by Gasteiger charge is -2.04. The number of aliphatic hydroxyl groups is 1. The van der Waals surface area contributed by atoms with Gasteiger partial charge in [0.25, 0.3) is 0 Å². The monoisotopic (exact) mass is 267 g/mol. The molecule has 0 radical (unpaired) electrons. The van der Waals surface area contributed by atoms with E-state index in [9.17, 15) is 0 Å². The highest BCUT2D eigenvalue weighted by Crippen LogP contribution is 2.17. The molecule has 1 heterocycles. The van der Waals surface area contributed by atoms with Crippen molar-refractivity contribution in [1.82, 2.24) is 0 Å². The maximum Gasteiger partial charge on any atom is 0.164 e. The van der Waals surface area contributed by atoms with Gasteiger partial charge in [0, 0.05) is 6.61 Å². The molecule has 62 valence electrons. The molecule has 0 spiro atoms. The Balaban J connectivity index is 2.60. The Morgan fingerprint density at radius 3 is 2.82 bits per heavy atom. The SMILES string of the molecule is N[C@H](CCO)c1ccc(I)o1. The maximum atomic E-state index is 8.58. The van der Waals surface area contributed by atoms with Gasteiger partial charge in [-0.25, -0.2) is 0 Å². The Hall–Kier alpha value is -0.0700. The Labute approximate surface area is 78.7 Å². The van der Waals surface area contributed by atoms with E-state index < -0.39 is 0 Å². The molecule has 0 aliphatic carbocycles. The zero-order valence-corrected chi connectivity index (χ0v) is 8.11. The number of aliphatic hydroxyl groups excluding tert-OH is 1. The van der Waals surface area contributed by atoms with Crippen LogP contribution in [0.2, 0.25) is 0 Å². The minimum Gasteiger partial charge on any atom is -0.454 e. The van der Waals surface area contributed by atoms with E-state index in [1.165, 1.54) is 0 Å². The number of rotatable bonds is 3. The summed E-state index contributed by atoms with van der Waals surface area (Å²) in [5.74, 6) is 0.739. The maximum absolute atomic E-state index is 8.58. The molecule has 1 rings (SSSR count). The fourth-order valence-electron chi connectivity index (χ4n) is 0.809. The third kappa shape index (κ3) is 2.46. The van der Waals surface area contributed by atoms with Gasteiger partial charge in [0.2, 0.25) is 0 Å². The predicted octanol–water partition coefficient (Wildman–Crippen LogP) is 1.27. The summed E-state index contributed by atoms with van der Waals surface area (Å²) in [6.07, 6.45) is 0.545. The summed E-state index contributed by atoms with van der Waals surface area (Å²) in [4.78, 5) is 0. The first-order valence-corrected chi connectivity index (χ1v) is 4.43. The number of furan rings is 1. The topological polar surface area (TPSA) is 59.4 Å². The number of hydrogen-bond acceptors (Lipinski definition) is 3. The fraction of sp³-hybridized carbons (Fsp3) is 0.429. The van der Waals surface area contributed by atoms with Crippen molar-refractivity contribution in [2.45, 2.75) is 12.5 Å². The minimum absolute atomic E-state index is 0.0957. The lowest BCUT2D eigenvalue weighted by Crippen LogP contribution is -2.10. The normalized spacial score (nSPS) is 13.4. The van der Waals surface area contributed by atoms with E-state index in [1.54, 1.807) is 0 Å². The first kappa shape index (κ1) is 9.02. The summed E-state index contributed by atoms with van der Waals surface area (Å²) in [5.41, 5.74) is 5.66. The van der Waals surface area contributed by atoms with Crippen LogP contribution in [-0.2, 0) is 0 Å². The van der Waals surface area contributed by atoms with E-state index in [-0.39, 0.29) is 12.6 Å².